The van der Waals surface area contributed by atoms with Gasteiger partial charge in [0, 0.05) is 11.1 Å². The summed E-state index contributed by atoms with van der Waals surface area (Å²) in [6, 6.07) is 7.16. The number of hydrogen-bond acceptors (Lipinski definition) is 5. The Morgan fingerprint density at radius 2 is 1.97 bits per heavy atom. The molecule has 1 aromatic heterocycles. The predicted octanol–water partition coefficient (Wildman–Crippen LogP) is 3.87. The minimum atomic E-state index is -0.941. The fourth-order valence-corrected chi connectivity index (χ4v) is 4.68. The van der Waals surface area contributed by atoms with Crippen molar-refractivity contribution < 1.29 is 19.1 Å². The number of nitrogens with one attached hydrogen (secondary N) is 1. The first-order valence-electron chi connectivity index (χ1n) is 11.2. The molecule has 7 nitrogen and oxygen atoms in total. The minimum absolute atomic E-state index is 0.0235. The smallest absolute Gasteiger partial charge is 0.339 e. The van der Waals surface area contributed by atoms with Crippen LogP contribution in [0.25, 0.3) is 10.9 Å². The number of pyridine rings is 1. The van der Waals surface area contributed by atoms with Crippen molar-refractivity contribution in [3.63, 3.8) is 0 Å². The molecule has 0 spiro atoms. The van der Waals surface area contributed by atoms with Gasteiger partial charge in [-0.1, -0.05) is 39.0 Å². The lowest BCUT2D eigenvalue weighted by Gasteiger charge is -2.35. The van der Waals surface area contributed by atoms with E-state index in [1.165, 1.54) is 0 Å². The minimum Gasteiger partial charge on any atom is -0.460 e. The number of nitrogens with zero attached hydrogens (tertiary/aromatic N) is 2. The number of hydrogen-bond donors (Lipinski definition) is 1. The van der Waals surface area contributed by atoms with Crippen molar-refractivity contribution in [3.05, 3.63) is 41.1 Å². The Balaban J connectivity index is 1.60. The van der Waals surface area contributed by atoms with Crippen molar-refractivity contribution in [1.82, 2.24) is 15.2 Å². The second kappa shape index (κ2) is 7.87. The lowest BCUT2D eigenvalue weighted by molar-refractivity contribution is -0.130. The molecule has 170 valence electrons. The number of carbonyl (C=O) groups is 3. The lowest BCUT2D eigenvalue weighted by atomic mass is 9.70. The molecule has 2 aliphatic rings. The van der Waals surface area contributed by atoms with E-state index in [9.17, 15) is 14.4 Å². The maximum absolute atomic E-state index is 13.3. The summed E-state index contributed by atoms with van der Waals surface area (Å²) in [6.07, 6.45) is 2.65. The summed E-state index contributed by atoms with van der Waals surface area (Å²) in [5, 5.41) is 3.42. The molecule has 2 heterocycles. The fourth-order valence-electron chi connectivity index (χ4n) is 4.68. The number of para-hydroxylation sites is 1. The first-order chi connectivity index (χ1) is 15.0. The molecule has 32 heavy (non-hydrogen) atoms. The predicted molar refractivity (Wildman–Crippen MR) is 121 cm³/mol. The Morgan fingerprint density at radius 1 is 1.25 bits per heavy atom. The number of rotatable bonds is 4. The molecule has 1 atom stereocenters. The normalized spacial score (nSPS) is 20.3. The first-order valence-corrected chi connectivity index (χ1v) is 11.2. The molecule has 2 aromatic rings. The van der Waals surface area contributed by atoms with Crippen LogP contribution in [0.3, 0.4) is 0 Å². The maximum Gasteiger partial charge on any atom is 0.339 e. The van der Waals surface area contributed by atoms with Crippen molar-refractivity contribution in [3.8, 4) is 0 Å². The number of benzene rings is 1. The van der Waals surface area contributed by atoms with E-state index in [1.807, 2.05) is 24.3 Å². The van der Waals surface area contributed by atoms with Crippen LogP contribution in [-0.4, -0.2) is 46.5 Å². The molecular weight excluding hydrogens is 406 g/mol. The van der Waals surface area contributed by atoms with Crippen LogP contribution >= 0.6 is 0 Å². The van der Waals surface area contributed by atoms with E-state index < -0.39 is 17.5 Å². The zero-order valence-electron chi connectivity index (χ0n) is 19.4. The molecule has 4 rings (SSSR count). The van der Waals surface area contributed by atoms with Crippen molar-refractivity contribution in [2.75, 3.05) is 13.2 Å². The largest absolute Gasteiger partial charge is 0.460 e. The molecule has 7 heteroatoms. The Labute approximate surface area is 188 Å². The average Bonchev–Trinajstić information content (AvgIpc) is 2.92. The molecule has 0 bridgehead atoms. The highest BCUT2D eigenvalue weighted by Crippen LogP contribution is 2.39. The summed E-state index contributed by atoms with van der Waals surface area (Å²) in [6.45, 7) is 9.97. The van der Waals surface area contributed by atoms with Gasteiger partial charge >= 0.3 is 12.0 Å². The highest BCUT2D eigenvalue weighted by Gasteiger charge is 2.44. The Bertz CT molecular complexity index is 1100. The number of amides is 3. The zero-order chi connectivity index (χ0) is 23.3. The standard InChI is InChI=1S/C25H31N3O4/c1-24(2,3)15-10-11-19-17(14-15)20(16-8-6-7-9-18(16)26-19)21(29)32-13-12-28-22(30)25(4,5)27-23(28)31/h6-9,15H,10-14H2,1-5H3,(H,27,31)/t15-/m0/s1. The number of imide groups is 1. The summed E-state index contributed by atoms with van der Waals surface area (Å²) in [7, 11) is 0. The van der Waals surface area contributed by atoms with Crippen LogP contribution in [0.15, 0.2) is 24.3 Å². The quantitative estimate of drug-likeness (QED) is 0.579. The molecule has 1 aliphatic heterocycles. The average molecular weight is 438 g/mol. The van der Waals surface area contributed by atoms with Crippen LogP contribution < -0.4 is 5.32 Å². The van der Waals surface area contributed by atoms with Gasteiger partial charge in [0.05, 0.1) is 17.6 Å². The van der Waals surface area contributed by atoms with E-state index in [-0.39, 0.29) is 24.5 Å². The van der Waals surface area contributed by atoms with E-state index in [1.54, 1.807) is 13.8 Å². The van der Waals surface area contributed by atoms with Gasteiger partial charge < -0.3 is 10.1 Å². The SMILES string of the molecule is CC1(C)NC(=O)N(CCOC(=O)c2c3c(nc4ccccc24)CC[C@H](C(C)(C)C)C3)C1=O. The Morgan fingerprint density at radius 3 is 2.62 bits per heavy atom. The van der Waals surface area contributed by atoms with Crippen LogP contribution in [0.4, 0.5) is 4.79 Å². The van der Waals surface area contributed by atoms with Crippen molar-refractivity contribution >= 4 is 28.8 Å². The van der Waals surface area contributed by atoms with Gasteiger partial charge in [0.1, 0.15) is 12.1 Å². The third kappa shape index (κ3) is 3.96. The monoisotopic (exact) mass is 437 g/mol. The van der Waals surface area contributed by atoms with E-state index in [0.717, 1.165) is 46.3 Å². The van der Waals surface area contributed by atoms with Crippen LogP contribution in [0.2, 0.25) is 0 Å². The topological polar surface area (TPSA) is 88.6 Å². The second-order valence-corrected chi connectivity index (χ2v) is 10.4. The number of ether oxygens (including phenoxy) is 1. The van der Waals surface area contributed by atoms with Gasteiger partial charge in [-0.2, -0.15) is 0 Å². The molecule has 1 N–H and O–H groups in total. The van der Waals surface area contributed by atoms with Gasteiger partial charge in [-0.15, -0.1) is 0 Å². The van der Waals surface area contributed by atoms with Gasteiger partial charge in [0.2, 0.25) is 0 Å². The summed E-state index contributed by atoms with van der Waals surface area (Å²) < 4.78 is 5.61. The number of esters is 1. The zero-order valence-corrected chi connectivity index (χ0v) is 19.4. The molecule has 1 aliphatic carbocycles. The van der Waals surface area contributed by atoms with Crippen LogP contribution in [0, 0.1) is 11.3 Å². The van der Waals surface area contributed by atoms with E-state index in [2.05, 4.69) is 26.1 Å². The molecule has 1 fully saturated rings. The van der Waals surface area contributed by atoms with Crippen LogP contribution in [0.5, 0.6) is 0 Å². The maximum atomic E-state index is 13.3. The molecule has 0 radical (unpaired) electrons. The number of fused-ring (bicyclic) bond motifs is 2. The Kier molecular flexibility index (Phi) is 5.47. The number of carbonyl (C=O) groups excluding carboxylic acids is 3. The summed E-state index contributed by atoms with van der Waals surface area (Å²) >= 11 is 0. The van der Waals surface area contributed by atoms with Gasteiger partial charge in [-0.05, 0) is 56.1 Å². The summed E-state index contributed by atoms with van der Waals surface area (Å²) in [5.41, 5.74) is 2.47. The molecule has 0 saturated carbocycles. The molecule has 0 unspecified atom stereocenters. The third-order valence-electron chi connectivity index (χ3n) is 6.68. The third-order valence-corrected chi connectivity index (χ3v) is 6.68. The van der Waals surface area contributed by atoms with Crippen molar-refractivity contribution in [2.24, 2.45) is 11.3 Å². The van der Waals surface area contributed by atoms with E-state index >= 15 is 0 Å². The number of aryl methyl sites for hydroxylation is 1. The lowest BCUT2D eigenvalue weighted by Crippen LogP contribution is -2.40. The molecule has 3 amide bonds. The van der Waals surface area contributed by atoms with E-state index in [0.29, 0.717) is 11.5 Å². The van der Waals surface area contributed by atoms with Crippen molar-refractivity contribution in [2.45, 2.75) is 59.4 Å². The number of aromatic nitrogens is 1. The van der Waals surface area contributed by atoms with Gasteiger partial charge in [0.15, 0.2) is 0 Å². The fraction of sp³-hybridized carbons (Fsp3) is 0.520. The Hall–Kier alpha value is -2.96. The summed E-state index contributed by atoms with van der Waals surface area (Å²) in [5.74, 6) is -0.309. The highest BCUT2D eigenvalue weighted by atomic mass is 16.5. The first kappa shape index (κ1) is 22.2. The second-order valence-electron chi connectivity index (χ2n) is 10.4. The number of urea groups is 1. The van der Waals surface area contributed by atoms with Gasteiger partial charge in [0.25, 0.3) is 5.91 Å². The van der Waals surface area contributed by atoms with Crippen molar-refractivity contribution in [1.29, 1.82) is 0 Å². The summed E-state index contributed by atoms with van der Waals surface area (Å²) in [4.78, 5) is 43.7. The molecular formula is C25H31N3O4. The molecule has 1 saturated heterocycles. The van der Waals surface area contributed by atoms with Gasteiger partial charge in [-0.25, -0.2) is 9.59 Å². The van der Waals surface area contributed by atoms with Crippen LogP contribution in [0.1, 0.15) is 62.7 Å². The van der Waals surface area contributed by atoms with Gasteiger partial charge in [-0.3, -0.25) is 14.7 Å². The van der Waals surface area contributed by atoms with E-state index in [4.69, 9.17) is 9.72 Å². The highest BCUT2D eigenvalue weighted by molar-refractivity contribution is 6.07. The van der Waals surface area contributed by atoms with Crippen LogP contribution in [-0.2, 0) is 22.4 Å². The molecule has 1 aromatic carbocycles.